The molecule has 0 bridgehead atoms. The van der Waals surface area contributed by atoms with E-state index in [0.29, 0.717) is 17.7 Å². The lowest BCUT2D eigenvalue weighted by atomic mass is 9.95. The molecule has 1 aliphatic heterocycles. The molecule has 2 aromatic carbocycles. The standard InChI is InChI=1S/C15H11Br2FO2/c16-11-3-1-8(5-12(11)17)15-7-13(19)10-6-9(18)2-4-14(10)20-15/h1-6,13,15,19H,7H2. The van der Waals surface area contributed by atoms with Crippen molar-refractivity contribution >= 4 is 31.9 Å². The van der Waals surface area contributed by atoms with Gasteiger partial charge in [0.25, 0.3) is 0 Å². The van der Waals surface area contributed by atoms with Crippen molar-refractivity contribution in [1.82, 2.24) is 0 Å². The summed E-state index contributed by atoms with van der Waals surface area (Å²) < 4.78 is 21.0. The lowest BCUT2D eigenvalue weighted by Gasteiger charge is -2.30. The second-order valence-electron chi connectivity index (χ2n) is 4.71. The van der Waals surface area contributed by atoms with E-state index in [0.717, 1.165) is 14.5 Å². The number of aliphatic hydroxyl groups is 1. The maximum Gasteiger partial charge on any atom is 0.127 e. The molecule has 0 fully saturated rings. The Bertz CT molecular complexity index is 660. The second-order valence-corrected chi connectivity index (χ2v) is 6.42. The van der Waals surface area contributed by atoms with E-state index in [2.05, 4.69) is 31.9 Å². The van der Waals surface area contributed by atoms with Crippen LogP contribution in [0.25, 0.3) is 0 Å². The minimum atomic E-state index is -0.720. The topological polar surface area (TPSA) is 29.5 Å². The van der Waals surface area contributed by atoms with Crippen LogP contribution in [-0.4, -0.2) is 5.11 Å². The molecule has 0 aliphatic carbocycles. The highest BCUT2D eigenvalue weighted by Gasteiger charge is 2.28. The fourth-order valence-electron chi connectivity index (χ4n) is 2.33. The Morgan fingerprint density at radius 3 is 2.65 bits per heavy atom. The van der Waals surface area contributed by atoms with Gasteiger partial charge in [-0.3, -0.25) is 0 Å². The summed E-state index contributed by atoms with van der Waals surface area (Å²) >= 11 is 6.87. The molecule has 5 heteroatoms. The lowest BCUT2D eigenvalue weighted by molar-refractivity contribution is 0.0653. The minimum absolute atomic E-state index is 0.243. The fourth-order valence-corrected chi connectivity index (χ4v) is 2.98. The second kappa shape index (κ2) is 5.47. The molecule has 3 rings (SSSR count). The van der Waals surface area contributed by atoms with Crippen molar-refractivity contribution in [1.29, 1.82) is 0 Å². The van der Waals surface area contributed by atoms with E-state index in [1.807, 2.05) is 18.2 Å². The van der Waals surface area contributed by atoms with Crippen LogP contribution in [0.4, 0.5) is 4.39 Å². The van der Waals surface area contributed by atoms with Crippen LogP contribution in [0.15, 0.2) is 45.3 Å². The number of ether oxygens (including phenoxy) is 1. The maximum absolute atomic E-state index is 13.2. The number of benzene rings is 2. The first-order chi connectivity index (χ1) is 9.54. The van der Waals surface area contributed by atoms with E-state index in [4.69, 9.17) is 4.74 Å². The Morgan fingerprint density at radius 1 is 1.10 bits per heavy atom. The van der Waals surface area contributed by atoms with Crippen LogP contribution in [-0.2, 0) is 0 Å². The molecular weight excluding hydrogens is 391 g/mol. The van der Waals surface area contributed by atoms with Gasteiger partial charge in [-0.1, -0.05) is 6.07 Å². The van der Waals surface area contributed by atoms with Gasteiger partial charge >= 0.3 is 0 Å². The van der Waals surface area contributed by atoms with Gasteiger partial charge in [-0.15, -0.1) is 0 Å². The molecule has 20 heavy (non-hydrogen) atoms. The summed E-state index contributed by atoms with van der Waals surface area (Å²) in [5.74, 6) is 0.172. The summed E-state index contributed by atoms with van der Waals surface area (Å²) in [5, 5.41) is 10.2. The third-order valence-corrected chi connectivity index (χ3v) is 5.23. The van der Waals surface area contributed by atoms with Gasteiger partial charge in [0.05, 0.1) is 6.10 Å². The number of fused-ring (bicyclic) bond motifs is 1. The first-order valence-electron chi connectivity index (χ1n) is 6.13. The first kappa shape index (κ1) is 14.0. The number of halogens is 3. The van der Waals surface area contributed by atoms with E-state index >= 15 is 0 Å². The smallest absolute Gasteiger partial charge is 0.127 e. The Kier molecular flexibility index (Phi) is 3.84. The molecule has 1 aliphatic rings. The Hall–Kier alpha value is -0.910. The van der Waals surface area contributed by atoms with Crippen molar-refractivity contribution in [2.75, 3.05) is 0 Å². The Morgan fingerprint density at radius 2 is 1.90 bits per heavy atom. The monoisotopic (exact) mass is 400 g/mol. The third-order valence-electron chi connectivity index (χ3n) is 3.35. The number of rotatable bonds is 1. The van der Waals surface area contributed by atoms with E-state index in [1.165, 1.54) is 12.1 Å². The third kappa shape index (κ3) is 2.62. The van der Waals surface area contributed by atoms with Crippen LogP contribution in [0.5, 0.6) is 5.75 Å². The summed E-state index contributed by atoms with van der Waals surface area (Å²) in [5.41, 5.74) is 1.48. The average Bonchev–Trinajstić information content (AvgIpc) is 2.42. The van der Waals surface area contributed by atoms with Gasteiger partial charge in [0.1, 0.15) is 17.7 Å². The molecule has 0 radical (unpaired) electrons. The highest BCUT2D eigenvalue weighted by Crippen LogP contribution is 2.41. The summed E-state index contributed by atoms with van der Waals surface area (Å²) in [6, 6.07) is 10.1. The van der Waals surface area contributed by atoms with Crippen LogP contribution in [0.1, 0.15) is 29.8 Å². The molecule has 0 amide bonds. The average molecular weight is 402 g/mol. The van der Waals surface area contributed by atoms with Crippen molar-refractivity contribution < 1.29 is 14.2 Å². The largest absolute Gasteiger partial charge is 0.485 e. The zero-order valence-corrected chi connectivity index (χ0v) is 13.5. The van der Waals surface area contributed by atoms with Crippen molar-refractivity contribution in [3.8, 4) is 5.75 Å². The molecule has 2 unspecified atom stereocenters. The molecule has 0 aromatic heterocycles. The summed E-state index contributed by atoms with van der Waals surface area (Å²) in [6.07, 6.45) is -0.556. The van der Waals surface area contributed by atoms with Gasteiger partial charge in [-0.25, -0.2) is 4.39 Å². The van der Waals surface area contributed by atoms with E-state index in [-0.39, 0.29) is 11.9 Å². The SMILES string of the molecule is OC1CC(c2ccc(Br)c(Br)c2)Oc2ccc(F)cc21. The zero-order chi connectivity index (χ0) is 14.3. The predicted octanol–water partition coefficient (Wildman–Crippen LogP) is 4.91. The summed E-state index contributed by atoms with van der Waals surface area (Å²) in [4.78, 5) is 0. The molecule has 0 saturated heterocycles. The minimum Gasteiger partial charge on any atom is -0.485 e. The Balaban J connectivity index is 1.94. The first-order valence-corrected chi connectivity index (χ1v) is 7.72. The van der Waals surface area contributed by atoms with Gasteiger partial charge in [-0.2, -0.15) is 0 Å². The molecule has 104 valence electrons. The highest BCUT2D eigenvalue weighted by molar-refractivity contribution is 9.13. The van der Waals surface area contributed by atoms with Crippen LogP contribution >= 0.6 is 31.9 Å². The zero-order valence-electron chi connectivity index (χ0n) is 10.3. The van der Waals surface area contributed by atoms with Gasteiger partial charge in [-0.05, 0) is 67.8 Å². The molecule has 2 nitrogen and oxygen atoms in total. The quantitative estimate of drug-likeness (QED) is 0.735. The maximum atomic E-state index is 13.2. The van der Waals surface area contributed by atoms with E-state index in [1.54, 1.807) is 6.07 Å². The van der Waals surface area contributed by atoms with Crippen LogP contribution < -0.4 is 4.74 Å². The van der Waals surface area contributed by atoms with E-state index < -0.39 is 6.10 Å². The van der Waals surface area contributed by atoms with Crippen molar-refractivity contribution in [2.45, 2.75) is 18.6 Å². The lowest BCUT2D eigenvalue weighted by Crippen LogP contribution is -2.19. The van der Waals surface area contributed by atoms with E-state index in [9.17, 15) is 9.50 Å². The summed E-state index contributed by atoms with van der Waals surface area (Å²) in [7, 11) is 0. The van der Waals surface area contributed by atoms with Gasteiger partial charge in [0.2, 0.25) is 0 Å². The molecule has 2 aromatic rings. The number of hydrogen-bond acceptors (Lipinski definition) is 2. The molecule has 0 saturated carbocycles. The van der Waals surface area contributed by atoms with Crippen LogP contribution in [0, 0.1) is 5.82 Å². The van der Waals surface area contributed by atoms with Crippen molar-refractivity contribution in [3.05, 3.63) is 62.3 Å². The van der Waals surface area contributed by atoms with Gasteiger partial charge < -0.3 is 9.84 Å². The van der Waals surface area contributed by atoms with Crippen molar-refractivity contribution in [2.24, 2.45) is 0 Å². The highest BCUT2D eigenvalue weighted by atomic mass is 79.9. The molecule has 2 atom stereocenters. The molecule has 0 spiro atoms. The molecular formula is C15H11Br2FO2. The van der Waals surface area contributed by atoms with Crippen LogP contribution in [0.3, 0.4) is 0 Å². The predicted molar refractivity (Wildman–Crippen MR) is 81.2 cm³/mol. The normalized spacial score (nSPS) is 21.2. The summed E-state index contributed by atoms with van der Waals surface area (Å²) in [6.45, 7) is 0. The fraction of sp³-hybridized carbons (Fsp3) is 0.200. The Labute approximate surface area is 132 Å². The van der Waals surface area contributed by atoms with Crippen molar-refractivity contribution in [3.63, 3.8) is 0 Å². The molecule has 1 heterocycles. The van der Waals surface area contributed by atoms with Gasteiger partial charge in [0.15, 0.2) is 0 Å². The van der Waals surface area contributed by atoms with Crippen LogP contribution in [0.2, 0.25) is 0 Å². The number of aliphatic hydroxyl groups excluding tert-OH is 1. The molecule has 1 N–H and O–H groups in total. The number of hydrogen-bond donors (Lipinski definition) is 1. The van der Waals surface area contributed by atoms with Gasteiger partial charge in [0, 0.05) is 20.9 Å².